The summed E-state index contributed by atoms with van der Waals surface area (Å²) >= 11 is 0. The predicted molar refractivity (Wildman–Crippen MR) is 88.3 cm³/mol. The Kier molecular flexibility index (Phi) is 3.51. The van der Waals surface area contributed by atoms with Gasteiger partial charge in [0.25, 0.3) is 0 Å². The lowest BCUT2D eigenvalue weighted by molar-refractivity contribution is -0.112. The van der Waals surface area contributed by atoms with Crippen molar-refractivity contribution in [1.29, 1.82) is 0 Å². The second-order valence-corrected chi connectivity index (χ2v) is 9.09. The highest BCUT2D eigenvalue weighted by molar-refractivity contribution is 5.13. The van der Waals surface area contributed by atoms with Crippen LogP contribution < -0.4 is 0 Å². The van der Waals surface area contributed by atoms with E-state index < -0.39 is 0 Å². The lowest BCUT2D eigenvalue weighted by Crippen LogP contribution is -2.53. The number of rotatable bonds is 1. The van der Waals surface area contributed by atoms with Gasteiger partial charge in [0.15, 0.2) is 0 Å². The van der Waals surface area contributed by atoms with E-state index in [1.54, 1.807) is 0 Å². The number of hydrogen-bond acceptors (Lipinski definition) is 2. The predicted octanol–water partition coefficient (Wildman–Crippen LogP) is 3.92. The zero-order chi connectivity index (χ0) is 15.5. The van der Waals surface area contributed by atoms with Crippen LogP contribution in [-0.4, -0.2) is 22.4 Å². The van der Waals surface area contributed by atoms with Gasteiger partial charge in [-0.3, -0.25) is 0 Å². The molecule has 0 amide bonds. The Bertz CT molecular complexity index is 461. The van der Waals surface area contributed by atoms with Crippen LogP contribution in [0.5, 0.6) is 0 Å². The van der Waals surface area contributed by atoms with E-state index in [-0.39, 0.29) is 23.0 Å². The maximum Gasteiger partial charge on any atom is 0.0596 e. The van der Waals surface area contributed by atoms with Gasteiger partial charge >= 0.3 is 0 Å². The van der Waals surface area contributed by atoms with Crippen molar-refractivity contribution in [2.75, 3.05) is 0 Å². The molecule has 0 aliphatic heterocycles. The average molecular weight is 304 g/mol. The van der Waals surface area contributed by atoms with Crippen molar-refractivity contribution in [1.82, 2.24) is 0 Å². The van der Waals surface area contributed by atoms with Crippen molar-refractivity contribution in [2.24, 2.45) is 34.5 Å². The zero-order valence-corrected chi connectivity index (χ0v) is 14.0. The maximum absolute atomic E-state index is 10.5. The second kappa shape index (κ2) is 5.08. The summed E-state index contributed by atoms with van der Waals surface area (Å²) in [6.45, 7) is 6.53. The minimum atomic E-state index is -0.118. The molecule has 2 N–H and O–H groups in total. The Morgan fingerprint density at radius 2 is 1.59 bits per heavy atom. The van der Waals surface area contributed by atoms with Gasteiger partial charge in [-0.05, 0) is 92.3 Å². The van der Waals surface area contributed by atoms with Crippen molar-refractivity contribution in [3.63, 3.8) is 0 Å². The van der Waals surface area contributed by atoms with Crippen molar-refractivity contribution in [3.8, 4) is 0 Å². The molecule has 22 heavy (non-hydrogen) atoms. The van der Waals surface area contributed by atoms with E-state index >= 15 is 0 Å². The highest BCUT2D eigenvalue weighted by Gasteiger charge is 2.59. The van der Waals surface area contributed by atoms with Crippen LogP contribution in [0.2, 0.25) is 0 Å². The Hall–Kier alpha value is -0.340. The molecule has 124 valence electrons. The fourth-order valence-electron chi connectivity index (χ4n) is 7.26. The van der Waals surface area contributed by atoms with Crippen LogP contribution in [0.4, 0.5) is 0 Å². The summed E-state index contributed by atoms with van der Waals surface area (Å²) < 4.78 is 0. The molecule has 4 aliphatic rings. The summed E-state index contributed by atoms with van der Waals surface area (Å²) in [5.74, 6) is 3.08. The van der Waals surface area contributed by atoms with Gasteiger partial charge in [0, 0.05) is 0 Å². The van der Waals surface area contributed by atoms with Gasteiger partial charge in [0.05, 0.1) is 12.2 Å². The normalized spacial score (nSPS) is 57.6. The van der Waals surface area contributed by atoms with E-state index in [4.69, 9.17) is 0 Å². The molecule has 4 aliphatic carbocycles. The third-order valence-electron chi connectivity index (χ3n) is 8.47. The smallest absolute Gasteiger partial charge is 0.0596 e. The Balaban J connectivity index is 1.63. The molecule has 4 rings (SSSR count). The molecule has 0 aromatic rings. The molecule has 0 bridgehead atoms. The molecule has 4 saturated carbocycles. The van der Waals surface area contributed by atoms with Crippen LogP contribution in [0, 0.1) is 34.5 Å². The molecule has 0 saturated heterocycles. The molecule has 0 radical (unpaired) electrons. The van der Waals surface area contributed by atoms with Gasteiger partial charge in [-0.25, -0.2) is 0 Å². The minimum Gasteiger partial charge on any atom is -0.393 e. The molecule has 0 aromatic heterocycles. The van der Waals surface area contributed by atoms with Gasteiger partial charge in [0.2, 0.25) is 0 Å². The number of hydrogen-bond donors (Lipinski definition) is 2. The summed E-state index contributed by atoms with van der Waals surface area (Å²) in [5, 5.41) is 20.7. The molecule has 0 spiro atoms. The number of aliphatic hydroxyl groups excluding tert-OH is 2. The third-order valence-corrected chi connectivity index (χ3v) is 8.47. The van der Waals surface area contributed by atoms with E-state index in [9.17, 15) is 10.2 Å². The van der Waals surface area contributed by atoms with Crippen LogP contribution >= 0.6 is 0 Å². The van der Waals surface area contributed by atoms with Gasteiger partial charge in [0.1, 0.15) is 0 Å². The molecule has 3 unspecified atom stereocenters. The lowest BCUT2D eigenvalue weighted by atomic mass is 9.46. The van der Waals surface area contributed by atoms with Crippen LogP contribution in [-0.2, 0) is 0 Å². The van der Waals surface area contributed by atoms with Gasteiger partial charge in [-0.1, -0.05) is 13.0 Å². The Morgan fingerprint density at radius 1 is 0.909 bits per heavy atom. The van der Waals surface area contributed by atoms with E-state index in [0.29, 0.717) is 0 Å². The van der Waals surface area contributed by atoms with Crippen molar-refractivity contribution in [3.05, 3.63) is 12.7 Å². The van der Waals surface area contributed by atoms with Crippen molar-refractivity contribution < 1.29 is 10.2 Å². The number of allylic oxidation sites excluding steroid dienone is 1. The van der Waals surface area contributed by atoms with Crippen molar-refractivity contribution in [2.45, 2.75) is 76.9 Å². The molecule has 8 atom stereocenters. The lowest BCUT2D eigenvalue weighted by Gasteiger charge is -2.59. The fourth-order valence-corrected chi connectivity index (χ4v) is 7.26. The fraction of sp³-hybridized carbons (Fsp3) is 0.900. The van der Waals surface area contributed by atoms with Gasteiger partial charge in [-0.2, -0.15) is 0 Å². The van der Waals surface area contributed by atoms with E-state index in [1.807, 2.05) is 0 Å². The summed E-state index contributed by atoms with van der Waals surface area (Å²) in [6.07, 6.45) is 12.3. The summed E-state index contributed by atoms with van der Waals surface area (Å²) in [4.78, 5) is 0. The Morgan fingerprint density at radius 3 is 2.36 bits per heavy atom. The largest absolute Gasteiger partial charge is 0.393 e. The van der Waals surface area contributed by atoms with E-state index in [1.165, 1.54) is 38.5 Å². The molecule has 0 aromatic carbocycles. The van der Waals surface area contributed by atoms with Crippen LogP contribution in [0.15, 0.2) is 12.7 Å². The quantitative estimate of drug-likeness (QED) is 0.721. The summed E-state index contributed by atoms with van der Waals surface area (Å²) in [5.41, 5.74) is 0.382. The first kappa shape index (κ1) is 15.2. The summed E-state index contributed by atoms with van der Waals surface area (Å²) in [6, 6.07) is 0. The average Bonchev–Trinajstić information content (AvgIpc) is 2.82. The van der Waals surface area contributed by atoms with Gasteiger partial charge < -0.3 is 10.2 Å². The molecule has 2 heteroatoms. The number of fused-ring (bicyclic) bond motifs is 5. The maximum atomic E-state index is 10.5. The van der Waals surface area contributed by atoms with E-state index in [0.717, 1.165) is 42.9 Å². The first-order chi connectivity index (χ1) is 10.5. The minimum absolute atomic E-state index is 0.0716. The highest BCUT2D eigenvalue weighted by atomic mass is 16.3. The third kappa shape index (κ3) is 1.92. The topological polar surface area (TPSA) is 40.5 Å². The molecule has 0 heterocycles. The molecular formula is C20H32O2. The van der Waals surface area contributed by atoms with Gasteiger partial charge in [-0.15, -0.1) is 6.58 Å². The highest BCUT2D eigenvalue weighted by Crippen LogP contribution is 2.65. The van der Waals surface area contributed by atoms with Crippen LogP contribution in [0.25, 0.3) is 0 Å². The van der Waals surface area contributed by atoms with E-state index in [2.05, 4.69) is 19.6 Å². The van der Waals surface area contributed by atoms with Crippen molar-refractivity contribution >= 4 is 0 Å². The molecule has 2 nitrogen and oxygen atoms in total. The number of aliphatic hydroxyl groups is 2. The Labute approximate surface area is 135 Å². The molecular weight excluding hydrogens is 272 g/mol. The first-order valence-electron chi connectivity index (χ1n) is 9.50. The molecule has 4 fully saturated rings. The second-order valence-electron chi connectivity index (χ2n) is 9.09. The monoisotopic (exact) mass is 304 g/mol. The van der Waals surface area contributed by atoms with Crippen LogP contribution in [0.3, 0.4) is 0 Å². The standard InChI is InChI=1S/C20H32O2/c1-3-20-11-9-14-15(17(20)5-4-13(21)12-20)8-10-19(2)16(14)6-7-18(19)22/h3,13-18,21-22H,1,4-12H2,2H3/t13?,14-,15?,16?,17-,18+,19+,20-/m1/s1. The zero-order valence-electron chi connectivity index (χ0n) is 14.0. The SMILES string of the molecule is C=C[C@]12CC[C@@H]3C(CC[C@@]4(C)C3CC[C@@H]4O)[C@H]1CCC(O)C2. The summed E-state index contributed by atoms with van der Waals surface area (Å²) in [7, 11) is 0. The van der Waals surface area contributed by atoms with Crippen LogP contribution in [0.1, 0.15) is 64.7 Å². The first-order valence-corrected chi connectivity index (χ1v) is 9.50.